The summed E-state index contributed by atoms with van der Waals surface area (Å²) < 4.78 is 10.3. The van der Waals surface area contributed by atoms with Crippen LogP contribution in [0, 0.1) is 0 Å². The summed E-state index contributed by atoms with van der Waals surface area (Å²) in [6, 6.07) is 1.59. The van der Waals surface area contributed by atoms with Gasteiger partial charge in [0.05, 0.1) is 24.4 Å². The molecule has 0 fully saturated rings. The molecule has 0 spiro atoms. The van der Waals surface area contributed by atoms with Crippen molar-refractivity contribution >= 4 is 23.3 Å². The van der Waals surface area contributed by atoms with Crippen LogP contribution in [-0.2, 0) is 14.3 Å². The van der Waals surface area contributed by atoms with Crippen molar-refractivity contribution in [1.82, 2.24) is 4.98 Å². The quantitative estimate of drug-likeness (QED) is 0.517. The predicted octanol–water partition coefficient (Wildman–Crippen LogP) is 1.98. The molecular formula is C14H16N2O4. The van der Waals surface area contributed by atoms with Gasteiger partial charge in [0.1, 0.15) is 11.6 Å². The third kappa shape index (κ3) is 2.49. The summed E-state index contributed by atoms with van der Waals surface area (Å²) >= 11 is 0. The number of esters is 1. The van der Waals surface area contributed by atoms with Crippen molar-refractivity contribution in [1.29, 1.82) is 0 Å². The van der Waals surface area contributed by atoms with Gasteiger partial charge in [-0.05, 0) is 26.8 Å². The second kappa shape index (κ2) is 5.73. The van der Waals surface area contributed by atoms with Crippen molar-refractivity contribution in [3.05, 3.63) is 29.1 Å². The molecule has 20 heavy (non-hydrogen) atoms. The Morgan fingerprint density at radius 2 is 2.00 bits per heavy atom. The van der Waals surface area contributed by atoms with Crippen LogP contribution in [0.3, 0.4) is 0 Å². The number of aromatic nitrogens is 1. The molecule has 1 aliphatic heterocycles. The molecule has 1 aromatic heterocycles. The molecule has 1 aromatic rings. The number of carbonyl (C=O) groups excluding carboxylic acids is 2. The van der Waals surface area contributed by atoms with Gasteiger partial charge >= 0.3 is 5.97 Å². The smallest absolute Gasteiger partial charge is 0.339 e. The minimum absolute atomic E-state index is 0.278. The lowest BCUT2D eigenvalue weighted by Crippen LogP contribution is -2.06. The average molecular weight is 276 g/mol. The first-order valence-electron chi connectivity index (χ1n) is 6.41. The normalized spacial score (nSPS) is 15.4. The van der Waals surface area contributed by atoms with Crippen LogP contribution >= 0.6 is 0 Å². The molecule has 0 bridgehead atoms. The molecule has 2 rings (SSSR count). The monoisotopic (exact) mass is 276 g/mol. The Morgan fingerprint density at radius 3 is 2.65 bits per heavy atom. The van der Waals surface area contributed by atoms with E-state index in [1.807, 2.05) is 6.92 Å². The highest BCUT2D eigenvalue weighted by atomic mass is 16.5. The molecular weight excluding hydrogens is 260 g/mol. The number of allylic oxidation sites excluding steroid dienone is 1. The van der Waals surface area contributed by atoms with E-state index in [1.54, 1.807) is 19.9 Å². The van der Waals surface area contributed by atoms with Crippen molar-refractivity contribution in [2.24, 2.45) is 0 Å². The molecule has 0 aromatic carbocycles. The fourth-order valence-corrected chi connectivity index (χ4v) is 2.01. The maximum Gasteiger partial charge on any atom is 0.339 e. The van der Waals surface area contributed by atoms with E-state index in [0.717, 1.165) is 0 Å². The molecule has 0 radical (unpaired) electrons. The first kappa shape index (κ1) is 14.0. The van der Waals surface area contributed by atoms with Gasteiger partial charge in [0, 0.05) is 11.8 Å². The highest BCUT2D eigenvalue weighted by molar-refractivity contribution is 6.31. The van der Waals surface area contributed by atoms with E-state index in [9.17, 15) is 9.59 Å². The van der Waals surface area contributed by atoms with E-state index < -0.39 is 5.97 Å². The van der Waals surface area contributed by atoms with Gasteiger partial charge in [0.2, 0.25) is 0 Å². The number of hydrogen-bond acceptors (Lipinski definition) is 5. The Bertz CT molecular complexity index is 593. The Labute approximate surface area is 116 Å². The summed E-state index contributed by atoms with van der Waals surface area (Å²) in [5.41, 5.74) is 1.27. The van der Waals surface area contributed by atoms with Crippen molar-refractivity contribution in [2.45, 2.75) is 20.8 Å². The van der Waals surface area contributed by atoms with Crippen LogP contribution in [0.2, 0.25) is 0 Å². The van der Waals surface area contributed by atoms with Gasteiger partial charge in [-0.25, -0.2) is 9.78 Å². The van der Waals surface area contributed by atoms with Gasteiger partial charge in [-0.2, -0.15) is 0 Å². The summed E-state index contributed by atoms with van der Waals surface area (Å²) in [4.78, 5) is 27.7. The van der Waals surface area contributed by atoms with Crippen molar-refractivity contribution in [2.75, 3.05) is 18.5 Å². The van der Waals surface area contributed by atoms with Crippen LogP contribution in [0.1, 0.15) is 36.7 Å². The van der Waals surface area contributed by atoms with Gasteiger partial charge in [-0.1, -0.05) is 0 Å². The minimum atomic E-state index is -0.462. The second-order valence-corrected chi connectivity index (χ2v) is 4.16. The molecule has 2 heterocycles. The summed E-state index contributed by atoms with van der Waals surface area (Å²) in [5.74, 6) is 0.193. The molecule has 0 saturated carbocycles. The molecule has 6 heteroatoms. The Balaban J connectivity index is 2.45. The molecule has 1 amide bonds. The van der Waals surface area contributed by atoms with E-state index >= 15 is 0 Å². The van der Waals surface area contributed by atoms with Crippen LogP contribution in [0.4, 0.5) is 5.82 Å². The number of carbonyl (C=O) groups is 2. The molecule has 106 valence electrons. The topological polar surface area (TPSA) is 77.5 Å². The van der Waals surface area contributed by atoms with Crippen molar-refractivity contribution < 1.29 is 19.1 Å². The molecule has 6 nitrogen and oxygen atoms in total. The summed E-state index contributed by atoms with van der Waals surface area (Å²) in [6.07, 6.45) is 1.38. The van der Waals surface area contributed by atoms with Crippen LogP contribution < -0.4 is 5.32 Å². The Kier molecular flexibility index (Phi) is 4.02. The number of hydrogen-bond donors (Lipinski definition) is 1. The third-order valence-electron chi connectivity index (χ3n) is 2.84. The molecule has 0 atom stereocenters. The number of fused-ring (bicyclic) bond motifs is 1. The maximum atomic E-state index is 11.9. The fourth-order valence-electron chi connectivity index (χ4n) is 2.01. The number of amides is 1. The van der Waals surface area contributed by atoms with Gasteiger partial charge in [-0.15, -0.1) is 0 Å². The first-order valence-corrected chi connectivity index (χ1v) is 6.41. The summed E-state index contributed by atoms with van der Waals surface area (Å²) in [6.45, 7) is 6.03. The Hall–Kier alpha value is -2.37. The van der Waals surface area contributed by atoms with Gasteiger partial charge in [-0.3, -0.25) is 4.79 Å². The van der Waals surface area contributed by atoms with Crippen LogP contribution in [0.5, 0.6) is 0 Å². The van der Waals surface area contributed by atoms with Gasteiger partial charge in [0.25, 0.3) is 5.91 Å². The molecule has 0 aliphatic carbocycles. The summed E-state index contributed by atoms with van der Waals surface area (Å²) in [7, 11) is 0. The highest BCUT2D eigenvalue weighted by Gasteiger charge is 2.29. The van der Waals surface area contributed by atoms with E-state index in [4.69, 9.17) is 9.47 Å². The first-order chi connectivity index (χ1) is 9.58. The van der Waals surface area contributed by atoms with Crippen LogP contribution in [0.15, 0.2) is 18.0 Å². The van der Waals surface area contributed by atoms with E-state index in [2.05, 4.69) is 10.3 Å². The zero-order valence-electron chi connectivity index (χ0n) is 11.6. The van der Waals surface area contributed by atoms with Crippen LogP contribution in [-0.4, -0.2) is 30.1 Å². The third-order valence-corrected chi connectivity index (χ3v) is 2.84. The van der Waals surface area contributed by atoms with Gasteiger partial charge < -0.3 is 14.8 Å². The number of nitrogens with one attached hydrogen (secondary N) is 1. The Morgan fingerprint density at radius 1 is 1.30 bits per heavy atom. The predicted molar refractivity (Wildman–Crippen MR) is 73.0 cm³/mol. The zero-order valence-corrected chi connectivity index (χ0v) is 11.6. The summed E-state index contributed by atoms with van der Waals surface area (Å²) in [5, 5.41) is 2.64. The van der Waals surface area contributed by atoms with E-state index in [-0.39, 0.29) is 12.5 Å². The number of rotatable bonds is 4. The minimum Gasteiger partial charge on any atom is -0.498 e. The fraction of sp³-hybridized carbons (Fsp3) is 0.357. The SMILES string of the molecule is CCOC(=O)c1cnc2c(c1)C(=C(C)OCC)C(=O)N2. The van der Waals surface area contributed by atoms with E-state index in [0.29, 0.717) is 34.9 Å². The lowest BCUT2D eigenvalue weighted by atomic mass is 10.1. The molecule has 0 saturated heterocycles. The number of ether oxygens (including phenoxy) is 2. The maximum absolute atomic E-state index is 11.9. The number of pyridine rings is 1. The molecule has 0 unspecified atom stereocenters. The highest BCUT2D eigenvalue weighted by Crippen LogP contribution is 2.33. The largest absolute Gasteiger partial charge is 0.498 e. The van der Waals surface area contributed by atoms with Gasteiger partial charge in [0.15, 0.2) is 0 Å². The lowest BCUT2D eigenvalue weighted by molar-refractivity contribution is -0.111. The standard InChI is InChI=1S/C14H16N2O4/c1-4-19-8(3)11-10-6-9(14(18)20-5-2)7-15-12(10)16-13(11)17/h6-7H,4-5H2,1-3H3,(H,15,16,17). The number of anilines is 1. The molecule has 1 aliphatic rings. The van der Waals surface area contributed by atoms with E-state index in [1.165, 1.54) is 6.20 Å². The second-order valence-electron chi connectivity index (χ2n) is 4.16. The molecule has 1 N–H and O–H groups in total. The average Bonchev–Trinajstić information content (AvgIpc) is 2.74. The number of nitrogens with zero attached hydrogens (tertiary/aromatic N) is 1. The van der Waals surface area contributed by atoms with Crippen LogP contribution in [0.25, 0.3) is 5.57 Å². The zero-order chi connectivity index (χ0) is 14.7. The lowest BCUT2D eigenvalue weighted by Gasteiger charge is -2.07. The van der Waals surface area contributed by atoms with Crippen molar-refractivity contribution in [3.8, 4) is 0 Å². The van der Waals surface area contributed by atoms with Crippen molar-refractivity contribution in [3.63, 3.8) is 0 Å².